The van der Waals surface area contributed by atoms with E-state index in [2.05, 4.69) is 57.9 Å². The summed E-state index contributed by atoms with van der Waals surface area (Å²) in [6, 6.07) is 16.7. The van der Waals surface area contributed by atoms with Crippen LogP contribution in [0.1, 0.15) is 35.7 Å². The fraction of sp³-hybridized carbons (Fsp3) is 0.308. The summed E-state index contributed by atoms with van der Waals surface area (Å²) in [5.74, 6) is 2.00. The second kappa shape index (κ2) is 9.11. The number of methoxy groups -OCH3 is 1. The number of nitrogens with one attached hydrogen (secondary N) is 1. The van der Waals surface area contributed by atoms with E-state index in [4.69, 9.17) is 14.5 Å². The van der Waals surface area contributed by atoms with Crippen molar-refractivity contribution in [2.24, 2.45) is 0 Å². The number of aryl methyl sites for hydroxylation is 2. The lowest BCUT2D eigenvalue weighted by Gasteiger charge is -2.20. The number of H-pyrrole nitrogens is 1. The molecule has 0 atom stereocenters. The Kier molecular flexibility index (Phi) is 5.88. The van der Waals surface area contributed by atoms with Crippen LogP contribution in [0, 0.1) is 13.8 Å². The molecule has 0 saturated heterocycles. The van der Waals surface area contributed by atoms with E-state index >= 15 is 0 Å². The lowest BCUT2D eigenvalue weighted by Crippen LogP contribution is -2.09. The van der Waals surface area contributed by atoms with Crippen LogP contribution in [-0.2, 0) is 4.74 Å². The van der Waals surface area contributed by atoms with Crippen molar-refractivity contribution >= 4 is 0 Å². The van der Waals surface area contributed by atoms with Crippen molar-refractivity contribution in [3.05, 3.63) is 65.5 Å². The van der Waals surface area contributed by atoms with Gasteiger partial charge in [-0.25, -0.2) is 0 Å². The summed E-state index contributed by atoms with van der Waals surface area (Å²) in [4.78, 5) is 4.82. The molecule has 7 heteroatoms. The molecular formula is C26H27N5O2. The first-order chi connectivity index (χ1) is 16.2. The van der Waals surface area contributed by atoms with E-state index in [0.29, 0.717) is 25.0 Å². The number of tetrazole rings is 1. The van der Waals surface area contributed by atoms with E-state index in [1.807, 2.05) is 25.1 Å². The zero-order valence-corrected chi connectivity index (χ0v) is 19.1. The van der Waals surface area contributed by atoms with Crippen LogP contribution < -0.4 is 4.74 Å². The summed E-state index contributed by atoms with van der Waals surface area (Å²) < 4.78 is 11.4. The highest BCUT2D eigenvalue weighted by Gasteiger charge is 2.31. The van der Waals surface area contributed by atoms with Crippen LogP contribution in [0.15, 0.2) is 48.5 Å². The number of rotatable bonds is 8. The largest absolute Gasteiger partial charge is 0.489 e. The molecule has 0 amide bonds. The van der Waals surface area contributed by atoms with Crippen LogP contribution in [0.5, 0.6) is 5.75 Å². The zero-order valence-electron chi connectivity index (χ0n) is 19.1. The first-order valence-electron chi connectivity index (χ1n) is 11.2. The molecule has 1 aliphatic rings. The molecular weight excluding hydrogens is 414 g/mol. The molecule has 1 aliphatic carbocycles. The molecule has 5 rings (SSSR count). The molecule has 168 valence electrons. The van der Waals surface area contributed by atoms with Gasteiger partial charge in [-0.2, -0.15) is 5.21 Å². The van der Waals surface area contributed by atoms with E-state index in [0.717, 1.165) is 45.0 Å². The van der Waals surface area contributed by atoms with E-state index in [1.54, 1.807) is 7.11 Å². The number of benzene rings is 2. The average Bonchev–Trinajstić information content (AvgIpc) is 3.52. The Morgan fingerprint density at radius 3 is 2.30 bits per heavy atom. The smallest absolute Gasteiger partial charge is 0.205 e. The van der Waals surface area contributed by atoms with Gasteiger partial charge in [-0.15, -0.1) is 10.2 Å². The maximum absolute atomic E-state index is 6.20. The summed E-state index contributed by atoms with van der Waals surface area (Å²) >= 11 is 0. The Balaban J connectivity index is 1.58. The minimum Gasteiger partial charge on any atom is -0.489 e. The number of aromatic nitrogens is 5. The van der Waals surface area contributed by atoms with Gasteiger partial charge in [-0.1, -0.05) is 48.5 Å². The Hall–Kier alpha value is -3.58. The van der Waals surface area contributed by atoms with Gasteiger partial charge >= 0.3 is 0 Å². The molecule has 0 aliphatic heterocycles. The minimum atomic E-state index is 0.495. The number of nitrogens with zero attached hydrogens (tertiary/aromatic N) is 4. The summed E-state index contributed by atoms with van der Waals surface area (Å²) in [6.07, 6.45) is 2.40. The molecule has 0 spiro atoms. The predicted molar refractivity (Wildman–Crippen MR) is 127 cm³/mol. The zero-order chi connectivity index (χ0) is 22.8. The topological polar surface area (TPSA) is 85.8 Å². The number of aromatic amines is 1. The molecule has 1 saturated carbocycles. The quantitative estimate of drug-likeness (QED) is 0.382. The predicted octanol–water partition coefficient (Wildman–Crippen LogP) is 5.12. The number of pyridine rings is 1. The van der Waals surface area contributed by atoms with Crippen molar-refractivity contribution in [3.63, 3.8) is 0 Å². The fourth-order valence-electron chi connectivity index (χ4n) is 4.43. The van der Waals surface area contributed by atoms with Crippen molar-refractivity contribution in [3.8, 4) is 39.4 Å². The molecule has 7 nitrogen and oxygen atoms in total. The molecule has 33 heavy (non-hydrogen) atoms. The lowest BCUT2D eigenvalue weighted by molar-refractivity contribution is 0.146. The average molecular weight is 442 g/mol. The summed E-state index contributed by atoms with van der Waals surface area (Å²) in [6.45, 7) is 5.16. The highest BCUT2D eigenvalue weighted by atomic mass is 16.5. The monoisotopic (exact) mass is 441 g/mol. The summed E-state index contributed by atoms with van der Waals surface area (Å²) in [7, 11) is 1.69. The second-order valence-electron chi connectivity index (χ2n) is 8.37. The lowest BCUT2D eigenvalue weighted by atomic mass is 9.92. The van der Waals surface area contributed by atoms with Crippen molar-refractivity contribution in [2.75, 3.05) is 20.3 Å². The van der Waals surface area contributed by atoms with Gasteiger partial charge in [-0.3, -0.25) is 4.98 Å². The Labute approximate surface area is 193 Å². The normalized spacial score (nSPS) is 13.3. The second-order valence-corrected chi connectivity index (χ2v) is 8.37. The number of hydrogen-bond donors (Lipinski definition) is 1. The Bertz CT molecular complexity index is 1250. The first kappa shape index (κ1) is 21.3. The van der Waals surface area contributed by atoms with E-state index in [1.165, 1.54) is 18.4 Å². The highest BCUT2D eigenvalue weighted by Crippen LogP contribution is 2.49. The van der Waals surface area contributed by atoms with E-state index in [-0.39, 0.29) is 0 Å². The van der Waals surface area contributed by atoms with Gasteiger partial charge in [0.2, 0.25) is 5.82 Å². The van der Waals surface area contributed by atoms with Gasteiger partial charge in [0.25, 0.3) is 0 Å². The van der Waals surface area contributed by atoms with E-state index in [9.17, 15) is 0 Å². The first-order valence-corrected chi connectivity index (χ1v) is 11.2. The van der Waals surface area contributed by atoms with Crippen LogP contribution in [0.3, 0.4) is 0 Å². The third kappa shape index (κ3) is 4.24. The molecule has 0 radical (unpaired) electrons. The van der Waals surface area contributed by atoms with Crippen molar-refractivity contribution in [2.45, 2.75) is 32.6 Å². The number of hydrogen-bond acceptors (Lipinski definition) is 6. The molecule has 1 fully saturated rings. The van der Waals surface area contributed by atoms with Gasteiger partial charge in [0.05, 0.1) is 12.3 Å². The Morgan fingerprint density at radius 1 is 0.909 bits per heavy atom. The fourth-order valence-corrected chi connectivity index (χ4v) is 4.43. The van der Waals surface area contributed by atoms with Crippen molar-refractivity contribution in [1.29, 1.82) is 0 Å². The van der Waals surface area contributed by atoms with Crippen LogP contribution in [0.2, 0.25) is 0 Å². The molecule has 0 bridgehead atoms. The molecule has 2 heterocycles. The summed E-state index contributed by atoms with van der Waals surface area (Å²) in [5, 5.41) is 14.6. The minimum absolute atomic E-state index is 0.495. The SMILES string of the molecule is COCCOc1c(C)nc(C)c(C2CC2)c1-c1ccc(-c2ccccc2-c2nn[nH]n2)cc1. The number of ether oxygens (including phenoxy) is 2. The van der Waals surface area contributed by atoms with Gasteiger partial charge in [0.15, 0.2) is 0 Å². The van der Waals surface area contributed by atoms with Crippen molar-refractivity contribution < 1.29 is 9.47 Å². The van der Waals surface area contributed by atoms with Gasteiger partial charge < -0.3 is 9.47 Å². The summed E-state index contributed by atoms with van der Waals surface area (Å²) in [5.41, 5.74) is 8.72. The molecule has 2 aromatic carbocycles. The molecule has 2 aromatic heterocycles. The van der Waals surface area contributed by atoms with Crippen molar-refractivity contribution in [1.82, 2.24) is 25.6 Å². The van der Waals surface area contributed by atoms with E-state index < -0.39 is 0 Å². The molecule has 0 unspecified atom stereocenters. The van der Waals surface area contributed by atoms with Crippen LogP contribution in [0.4, 0.5) is 0 Å². The van der Waals surface area contributed by atoms with Crippen LogP contribution in [0.25, 0.3) is 33.6 Å². The van der Waals surface area contributed by atoms with Gasteiger partial charge in [-0.05, 0) is 60.1 Å². The van der Waals surface area contributed by atoms with Crippen LogP contribution in [-0.4, -0.2) is 45.9 Å². The Morgan fingerprint density at radius 2 is 1.64 bits per heavy atom. The van der Waals surface area contributed by atoms with Gasteiger partial charge in [0, 0.05) is 23.9 Å². The molecule has 4 aromatic rings. The maximum atomic E-state index is 6.20. The third-order valence-electron chi connectivity index (χ3n) is 6.07. The maximum Gasteiger partial charge on any atom is 0.205 e. The van der Waals surface area contributed by atoms with Gasteiger partial charge in [0.1, 0.15) is 12.4 Å². The molecule has 1 N–H and O–H groups in total. The third-order valence-corrected chi connectivity index (χ3v) is 6.07. The highest BCUT2D eigenvalue weighted by molar-refractivity contribution is 5.83. The van der Waals surface area contributed by atoms with Crippen LogP contribution >= 0.6 is 0 Å². The standard InChI is InChI=1S/C26H27N5O2/c1-16-23(19-12-13-19)24(25(17(2)27-16)33-15-14-32-3)20-10-8-18(9-11-20)21-6-4-5-7-22(21)26-28-30-31-29-26/h4-11,19H,12-15H2,1-3H3,(H,28,29,30,31).